The number of carboxylic acid groups (broad SMARTS) is 1. The Hall–Kier alpha value is -2.53. The molecule has 0 aromatic carbocycles. The zero-order valence-electron chi connectivity index (χ0n) is 63.5. The molecule has 18 atom stereocenters. The van der Waals surface area contributed by atoms with Crippen molar-refractivity contribution in [3.05, 3.63) is 12.2 Å². The third kappa shape index (κ3) is 38.5. The Bertz CT molecular complexity index is 2080. The van der Waals surface area contributed by atoms with Crippen LogP contribution in [0.4, 0.5) is 0 Å². The summed E-state index contributed by atoms with van der Waals surface area (Å²) >= 11 is 0. The van der Waals surface area contributed by atoms with E-state index < -0.39 is 148 Å². The molecule has 18 unspecified atom stereocenters. The smallest absolute Gasteiger partial charge is 0.364 e. The zero-order valence-corrected chi connectivity index (χ0v) is 63.5. The van der Waals surface area contributed by atoms with Crippen LogP contribution in [0, 0.1) is 0 Å². The van der Waals surface area contributed by atoms with Gasteiger partial charge in [-0.2, -0.15) is 0 Å². The highest BCUT2D eigenvalue weighted by molar-refractivity contribution is 5.77. The van der Waals surface area contributed by atoms with Gasteiger partial charge in [0.15, 0.2) is 12.6 Å². The number of carbonyl (C=O) groups excluding carboxylic acids is 2. The Morgan fingerprint density at radius 1 is 0.500 bits per heavy atom. The fourth-order valence-electron chi connectivity index (χ4n) is 14.5. The van der Waals surface area contributed by atoms with Crippen LogP contribution < -0.4 is 10.6 Å². The van der Waals surface area contributed by atoms with Crippen molar-refractivity contribution in [2.45, 2.75) is 445 Å². The third-order valence-corrected chi connectivity index (χ3v) is 21.0. The number of ether oxygens (including phenoxy) is 6. The Labute approximate surface area is 613 Å². The van der Waals surface area contributed by atoms with E-state index in [0.717, 1.165) is 58.3 Å². The van der Waals surface area contributed by atoms with Crippen LogP contribution in [0.1, 0.15) is 335 Å². The SMILES string of the molecule is CCCCCCCCCCCCCCCCCC/C=C\CCCCCCCCCCCCCCCCCCCC(=O)NC(COC1OC(CO)C(OC2OC(CO)C(O)C(OC3(C(=O)O)CC(O)C(NC(C)=O)C(C(O)C(O)CO)O3)C2O)C(O)C1O)C(O)CCCCCCCCCCCCC. The second-order valence-electron chi connectivity index (χ2n) is 30.0. The first-order valence-corrected chi connectivity index (χ1v) is 41.0. The number of carboxylic acids is 1. The molecule has 0 aliphatic carbocycles. The zero-order chi connectivity index (χ0) is 74.6. The van der Waals surface area contributed by atoms with E-state index in [-0.39, 0.29) is 18.9 Å². The van der Waals surface area contributed by atoms with Gasteiger partial charge in [0.2, 0.25) is 11.8 Å². The van der Waals surface area contributed by atoms with E-state index in [9.17, 15) is 75.7 Å². The summed E-state index contributed by atoms with van der Waals surface area (Å²) in [5, 5.41) is 136. The van der Waals surface area contributed by atoms with E-state index in [4.69, 9.17) is 28.4 Å². The number of amides is 2. The standard InChI is InChI=1S/C79H148N2O21/c1-4-6-8-10-12-14-16-17-18-19-20-21-22-23-24-25-26-27-28-29-30-31-32-33-34-35-36-37-38-39-40-41-43-45-47-49-51-53-66(89)81-60(61(86)52-50-48-46-44-42-15-13-11-9-7-5-2)58-97-76-71(93)70(92)73(65(57-84)99-76)100-77-72(94)75(69(91)64(56-83)98-77)102-79(78(95)96)54-62(87)67(80-59(3)85)74(101-79)68(90)63(88)55-82/h27-28,60-65,67-77,82-84,86-88,90-94H,4-26,29-58H2,1-3H3,(H,80,85)(H,81,89)(H,95,96)/b28-27-. The first kappa shape index (κ1) is 93.7. The van der Waals surface area contributed by atoms with Gasteiger partial charge in [-0.05, 0) is 38.5 Å². The minimum Gasteiger partial charge on any atom is -0.477 e. The molecule has 0 radical (unpaired) electrons. The fraction of sp³-hybridized carbons (Fsp3) is 0.937. The number of nitrogens with one attached hydrogen (secondary N) is 2. The summed E-state index contributed by atoms with van der Waals surface area (Å²) in [7, 11) is 0. The van der Waals surface area contributed by atoms with Gasteiger partial charge in [0.25, 0.3) is 5.79 Å². The van der Waals surface area contributed by atoms with Gasteiger partial charge in [0, 0.05) is 19.8 Å². The summed E-state index contributed by atoms with van der Waals surface area (Å²) < 4.78 is 34.9. The molecule has 0 aromatic rings. The molecule has 23 heteroatoms. The highest BCUT2D eigenvalue weighted by atomic mass is 16.8. The Balaban J connectivity index is 1.39. The summed E-state index contributed by atoms with van der Waals surface area (Å²) in [4.78, 5) is 38.6. The van der Waals surface area contributed by atoms with Crippen molar-refractivity contribution in [1.29, 1.82) is 0 Å². The quantitative estimate of drug-likeness (QED) is 0.0199. The maximum absolute atomic E-state index is 13.5. The molecule has 0 spiro atoms. The number of unbranched alkanes of at least 4 members (excludes halogenated alkanes) is 43. The van der Waals surface area contributed by atoms with Crippen LogP contribution in [0.5, 0.6) is 0 Å². The number of aliphatic hydroxyl groups is 11. The number of hydrogen-bond donors (Lipinski definition) is 14. The normalized spacial score (nSPS) is 26.7. The van der Waals surface area contributed by atoms with Gasteiger partial charge in [-0.15, -0.1) is 0 Å². The van der Waals surface area contributed by atoms with Gasteiger partial charge in [-0.3, -0.25) is 9.59 Å². The lowest BCUT2D eigenvalue weighted by Crippen LogP contribution is -2.70. The summed E-state index contributed by atoms with van der Waals surface area (Å²) in [6, 6.07) is -2.53. The van der Waals surface area contributed by atoms with Crippen molar-refractivity contribution >= 4 is 17.8 Å². The molecule has 0 bridgehead atoms. The van der Waals surface area contributed by atoms with Crippen molar-refractivity contribution in [1.82, 2.24) is 10.6 Å². The largest absolute Gasteiger partial charge is 0.477 e. The summed E-state index contributed by atoms with van der Waals surface area (Å²) in [6.07, 6.45) is 34.1. The molecule has 102 heavy (non-hydrogen) atoms. The molecule has 600 valence electrons. The van der Waals surface area contributed by atoms with Crippen LogP contribution in [0.3, 0.4) is 0 Å². The highest BCUT2D eigenvalue weighted by Crippen LogP contribution is 2.39. The molecule has 14 N–H and O–H groups in total. The van der Waals surface area contributed by atoms with Gasteiger partial charge in [-0.25, -0.2) is 4.79 Å². The van der Waals surface area contributed by atoms with E-state index in [1.54, 1.807) is 0 Å². The number of aliphatic carboxylic acids is 1. The number of aliphatic hydroxyl groups excluding tert-OH is 11. The molecule has 23 nitrogen and oxygen atoms in total. The summed E-state index contributed by atoms with van der Waals surface area (Å²) in [6.45, 7) is 2.22. The Morgan fingerprint density at radius 3 is 1.32 bits per heavy atom. The molecule has 3 aliphatic rings. The molecule has 0 saturated carbocycles. The van der Waals surface area contributed by atoms with Crippen LogP contribution in [-0.4, -0.2) is 215 Å². The minimum absolute atomic E-state index is 0.227. The van der Waals surface area contributed by atoms with Crippen molar-refractivity contribution in [3.8, 4) is 0 Å². The minimum atomic E-state index is -3.08. The average Bonchev–Trinajstić information content (AvgIpc) is 0.756. The number of allylic oxidation sites excluding steroid dienone is 2. The van der Waals surface area contributed by atoms with Gasteiger partial charge >= 0.3 is 5.97 Å². The van der Waals surface area contributed by atoms with Gasteiger partial charge in [-0.1, -0.05) is 289 Å². The maximum atomic E-state index is 13.5. The monoisotopic (exact) mass is 1460 g/mol. The van der Waals surface area contributed by atoms with E-state index in [2.05, 4.69) is 36.6 Å². The van der Waals surface area contributed by atoms with Crippen molar-refractivity contribution in [2.75, 3.05) is 26.4 Å². The van der Waals surface area contributed by atoms with E-state index in [1.165, 1.54) is 231 Å². The summed E-state index contributed by atoms with van der Waals surface area (Å²) in [5.41, 5.74) is 0. The molecular formula is C79H148N2O21. The number of hydrogen-bond acceptors (Lipinski definition) is 20. The predicted octanol–water partition coefficient (Wildman–Crippen LogP) is 11.0. The Morgan fingerprint density at radius 2 is 0.912 bits per heavy atom. The molecular weight excluding hydrogens is 1310 g/mol. The van der Waals surface area contributed by atoms with E-state index in [1.807, 2.05) is 0 Å². The van der Waals surface area contributed by atoms with Crippen LogP contribution in [0.25, 0.3) is 0 Å². The molecule has 3 aliphatic heterocycles. The van der Waals surface area contributed by atoms with Gasteiger partial charge < -0.3 is 100 Å². The lowest BCUT2D eigenvalue weighted by Gasteiger charge is -2.50. The van der Waals surface area contributed by atoms with Crippen molar-refractivity contribution in [3.63, 3.8) is 0 Å². The average molecular weight is 1460 g/mol. The van der Waals surface area contributed by atoms with Gasteiger partial charge in [0.1, 0.15) is 67.1 Å². The van der Waals surface area contributed by atoms with Crippen LogP contribution in [0.2, 0.25) is 0 Å². The van der Waals surface area contributed by atoms with Crippen molar-refractivity contribution in [2.24, 2.45) is 0 Å². The lowest BCUT2D eigenvalue weighted by atomic mass is 9.88. The maximum Gasteiger partial charge on any atom is 0.364 e. The predicted molar refractivity (Wildman–Crippen MR) is 394 cm³/mol. The molecule has 3 saturated heterocycles. The van der Waals surface area contributed by atoms with E-state index >= 15 is 0 Å². The van der Waals surface area contributed by atoms with Crippen LogP contribution in [-0.2, 0) is 42.8 Å². The lowest BCUT2D eigenvalue weighted by molar-refractivity contribution is -0.386. The molecule has 3 fully saturated rings. The second-order valence-corrected chi connectivity index (χ2v) is 30.0. The fourth-order valence-corrected chi connectivity index (χ4v) is 14.5. The topological polar surface area (TPSA) is 373 Å². The second kappa shape index (κ2) is 58.5. The number of carbonyl (C=O) groups is 3. The Kier molecular flexibility index (Phi) is 53.7. The summed E-state index contributed by atoms with van der Waals surface area (Å²) in [5.74, 6) is -6.09. The first-order chi connectivity index (χ1) is 49.4. The molecule has 3 heterocycles. The van der Waals surface area contributed by atoms with Crippen LogP contribution in [0.15, 0.2) is 12.2 Å². The molecule has 0 aromatic heterocycles. The van der Waals surface area contributed by atoms with Crippen molar-refractivity contribution < 1.29 is 104 Å². The highest BCUT2D eigenvalue weighted by Gasteiger charge is 2.60. The number of rotatable bonds is 65. The molecule has 3 rings (SSSR count). The third-order valence-electron chi connectivity index (χ3n) is 21.0. The van der Waals surface area contributed by atoms with Gasteiger partial charge in [0.05, 0.1) is 50.7 Å². The van der Waals surface area contributed by atoms with Crippen LogP contribution >= 0.6 is 0 Å². The van der Waals surface area contributed by atoms with E-state index in [0.29, 0.717) is 19.3 Å². The first-order valence-electron chi connectivity index (χ1n) is 41.0. The molecule has 2 amide bonds.